The third-order valence-corrected chi connectivity index (χ3v) is 3.76. The molecular weight excluding hydrogens is 294 g/mol. The summed E-state index contributed by atoms with van der Waals surface area (Å²) in [5, 5.41) is 15.7. The zero-order chi connectivity index (χ0) is 16.4. The molecule has 0 aliphatic carbocycles. The summed E-state index contributed by atoms with van der Waals surface area (Å²) in [5.74, 6) is -0.739. The van der Waals surface area contributed by atoms with Crippen molar-refractivity contribution in [3.8, 4) is 6.07 Å². The van der Waals surface area contributed by atoms with Crippen molar-refractivity contribution in [2.75, 3.05) is 16.8 Å². The van der Waals surface area contributed by atoms with Crippen molar-refractivity contribution >= 4 is 23.2 Å². The quantitative estimate of drug-likeness (QED) is 0.924. The molecule has 0 bridgehead atoms. The van der Waals surface area contributed by atoms with E-state index in [1.54, 1.807) is 53.3 Å². The molecule has 1 atom stereocenters. The highest BCUT2D eigenvalue weighted by molar-refractivity contribution is 6.03. The van der Waals surface area contributed by atoms with Gasteiger partial charge in [-0.3, -0.25) is 14.3 Å². The molecule has 0 saturated carbocycles. The van der Waals surface area contributed by atoms with Crippen LogP contribution >= 0.6 is 0 Å². The minimum Gasteiger partial charge on any atom is -0.326 e. The predicted molar refractivity (Wildman–Crippen MR) is 83.5 cm³/mol. The number of aryl methyl sites for hydroxylation is 1. The summed E-state index contributed by atoms with van der Waals surface area (Å²) in [6.45, 7) is 0.328. The number of benzene rings is 1. The molecule has 0 spiro atoms. The van der Waals surface area contributed by atoms with Gasteiger partial charge >= 0.3 is 0 Å². The van der Waals surface area contributed by atoms with Gasteiger partial charge in [0, 0.05) is 31.9 Å². The number of nitrogens with zero attached hydrogens (tertiary/aromatic N) is 4. The van der Waals surface area contributed by atoms with Gasteiger partial charge in [-0.15, -0.1) is 0 Å². The van der Waals surface area contributed by atoms with Crippen molar-refractivity contribution in [3.63, 3.8) is 0 Å². The van der Waals surface area contributed by atoms with Crippen LogP contribution in [0.3, 0.4) is 0 Å². The molecule has 7 nitrogen and oxygen atoms in total. The van der Waals surface area contributed by atoms with Crippen LogP contribution in [0.4, 0.5) is 11.4 Å². The summed E-state index contributed by atoms with van der Waals surface area (Å²) in [6.07, 6.45) is 3.52. The van der Waals surface area contributed by atoms with E-state index < -0.39 is 5.92 Å². The first-order valence-electron chi connectivity index (χ1n) is 7.17. The number of aromatic nitrogens is 2. The molecule has 1 aromatic carbocycles. The van der Waals surface area contributed by atoms with E-state index in [1.807, 2.05) is 6.07 Å². The fourth-order valence-electron chi connectivity index (χ4n) is 2.59. The van der Waals surface area contributed by atoms with Gasteiger partial charge in [0.25, 0.3) is 0 Å². The third-order valence-electron chi connectivity index (χ3n) is 3.76. The molecule has 1 unspecified atom stereocenters. The summed E-state index contributed by atoms with van der Waals surface area (Å²) in [6, 6.07) is 8.72. The van der Waals surface area contributed by atoms with Crippen LogP contribution in [-0.2, 0) is 16.6 Å². The highest BCUT2D eigenvalue weighted by Crippen LogP contribution is 2.25. The van der Waals surface area contributed by atoms with Crippen molar-refractivity contribution in [2.45, 2.75) is 6.42 Å². The molecule has 0 radical (unpaired) electrons. The van der Waals surface area contributed by atoms with Gasteiger partial charge in [0.2, 0.25) is 11.8 Å². The van der Waals surface area contributed by atoms with Gasteiger partial charge in [-0.05, 0) is 18.2 Å². The molecular formula is C16H15N5O2. The number of hydrogen-bond donors (Lipinski definition) is 1. The van der Waals surface area contributed by atoms with Crippen LogP contribution in [0.1, 0.15) is 12.0 Å². The van der Waals surface area contributed by atoms with E-state index in [0.717, 1.165) is 0 Å². The number of anilines is 2. The first-order valence-corrected chi connectivity index (χ1v) is 7.17. The van der Waals surface area contributed by atoms with Crippen LogP contribution in [0.15, 0.2) is 36.7 Å². The number of amides is 2. The molecule has 116 valence electrons. The first-order chi connectivity index (χ1) is 11.1. The van der Waals surface area contributed by atoms with Crippen LogP contribution in [0, 0.1) is 17.2 Å². The molecule has 23 heavy (non-hydrogen) atoms. The topological polar surface area (TPSA) is 91.0 Å². The van der Waals surface area contributed by atoms with Crippen molar-refractivity contribution < 1.29 is 9.59 Å². The molecule has 1 saturated heterocycles. The highest BCUT2D eigenvalue weighted by Gasteiger charge is 2.35. The Kier molecular flexibility index (Phi) is 3.81. The van der Waals surface area contributed by atoms with Gasteiger partial charge in [0.1, 0.15) is 0 Å². The third kappa shape index (κ3) is 3.06. The lowest BCUT2D eigenvalue weighted by molar-refractivity contribution is -0.122. The maximum absolute atomic E-state index is 12.3. The molecule has 2 heterocycles. The predicted octanol–water partition coefficient (Wildman–Crippen LogP) is 1.28. The lowest BCUT2D eigenvalue weighted by Crippen LogP contribution is -2.27. The van der Waals surface area contributed by atoms with Gasteiger partial charge in [-0.1, -0.05) is 6.07 Å². The summed E-state index contributed by atoms with van der Waals surface area (Å²) in [5.41, 5.74) is 1.72. The van der Waals surface area contributed by atoms with E-state index in [4.69, 9.17) is 5.26 Å². The number of carbonyl (C=O) groups excluding carboxylic acids is 2. The lowest BCUT2D eigenvalue weighted by Gasteiger charge is -2.14. The Balaban J connectivity index is 1.69. The van der Waals surface area contributed by atoms with Crippen LogP contribution < -0.4 is 10.2 Å². The van der Waals surface area contributed by atoms with Crippen molar-refractivity contribution in [2.24, 2.45) is 13.0 Å². The van der Waals surface area contributed by atoms with E-state index in [-0.39, 0.29) is 18.2 Å². The summed E-state index contributed by atoms with van der Waals surface area (Å²) in [4.78, 5) is 26.0. The Morgan fingerprint density at radius 2 is 2.30 bits per heavy atom. The van der Waals surface area contributed by atoms with Crippen molar-refractivity contribution in [1.29, 1.82) is 5.26 Å². The summed E-state index contributed by atoms with van der Waals surface area (Å²) < 4.78 is 1.61. The smallest absolute Gasteiger partial charge is 0.229 e. The Morgan fingerprint density at radius 1 is 1.48 bits per heavy atom. The van der Waals surface area contributed by atoms with Gasteiger partial charge in [-0.2, -0.15) is 10.4 Å². The molecule has 1 aromatic heterocycles. The molecule has 3 rings (SSSR count). The molecule has 2 amide bonds. The highest BCUT2D eigenvalue weighted by atomic mass is 16.2. The number of hydrogen-bond acceptors (Lipinski definition) is 4. The van der Waals surface area contributed by atoms with Gasteiger partial charge in [0.05, 0.1) is 29.4 Å². The van der Waals surface area contributed by atoms with E-state index in [0.29, 0.717) is 23.5 Å². The molecule has 1 aliphatic rings. The second kappa shape index (κ2) is 5.93. The molecule has 7 heteroatoms. The molecule has 1 N–H and O–H groups in total. The van der Waals surface area contributed by atoms with Crippen LogP contribution in [0.5, 0.6) is 0 Å². The Hall–Kier alpha value is -3.14. The molecule has 2 aromatic rings. The monoisotopic (exact) mass is 309 g/mol. The maximum Gasteiger partial charge on any atom is 0.229 e. The molecule has 1 aliphatic heterocycles. The Bertz CT molecular complexity index is 805. The van der Waals surface area contributed by atoms with E-state index in [2.05, 4.69) is 10.4 Å². The summed E-state index contributed by atoms with van der Waals surface area (Å²) in [7, 11) is 1.77. The van der Waals surface area contributed by atoms with E-state index in [9.17, 15) is 9.59 Å². The summed E-state index contributed by atoms with van der Waals surface area (Å²) >= 11 is 0. The Labute approximate surface area is 133 Å². The average Bonchev–Trinajstić information content (AvgIpc) is 3.13. The minimum absolute atomic E-state index is 0.0936. The zero-order valence-electron chi connectivity index (χ0n) is 12.6. The number of rotatable bonds is 3. The number of carbonyl (C=O) groups is 2. The number of nitrogens with one attached hydrogen (secondary N) is 1. The van der Waals surface area contributed by atoms with Gasteiger partial charge in [-0.25, -0.2) is 0 Å². The van der Waals surface area contributed by atoms with Gasteiger partial charge < -0.3 is 10.2 Å². The Morgan fingerprint density at radius 3 is 3.00 bits per heavy atom. The second-order valence-corrected chi connectivity index (χ2v) is 5.46. The fourth-order valence-corrected chi connectivity index (χ4v) is 2.59. The number of nitriles is 1. The normalized spacial score (nSPS) is 17.1. The lowest BCUT2D eigenvalue weighted by atomic mass is 10.1. The fraction of sp³-hybridized carbons (Fsp3) is 0.250. The minimum atomic E-state index is -0.423. The van der Waals surface area contributed by atoms with Crippen molar-refractivity contribution in [1.82, 2.24) is 9.78 Å². The first kappa shape index (κ1) is 14.8. The van der Waals surface area contributed by atoms with E-state index in [1.165, 1.54) is 0 Å². The maximum atomic E-state index is 12.3. The average molecular weight is 309 g/mol. The van der Waals surface area contributed by atoms with E-state index >= 15 is 0 Å². The van der Waals surface area contributed by atoms with Crippen molar-refractivity contribution in [3.05, 3.63) is 42.2 Å². The standard InChI is InChI=1S/C16H15N5O2/c1-20-10-14(8-18-20)21-9-12(6-15(21)22)16(23)19-13-4-2-3-11(5-13)7-17/h2-5,8,10,12H,6,9H2,1H3,(H,19,23). The largest absolute Gasteiger partial charge is 0.326 e. The zero-order valence-corrected chi connectivity index (χ0v) is 12.6. The van der Waals surface area contributed by atoms with Gasteiger partial charge in [0.15, 0.2) is 0 Å². The SMILES string of the molecule is Cn1cc(N2CC(C(=O)Nc3cccc(C#N)c3)CC2=O)cn1. The van der Waals surface area contributed by atoms with Crippen LogP contribution in [0.25, 0.3) is 0 Å². The van der Waals surface area contributed by atoms with Crippen LogP contribution in [0.2, 0.25) is 0 Å². The van der Waals surface area contributed by atoms with Crippen LogP contribution in [-0.4, -0.2) is 28.1 Å². The second-order valence-electron chi connectivity index (χ2n) is 5.46. The molecule has 1 fully saturated rings.